The van der Waals surface area contributed by atoms with Gasteiger partial charge in [0.15, 0.2) is 0 Å². The maximum Gasteiger partial charge on any atom is 0.335 e. The molecule has 3 N–H and O–H groups in total. The molecular formula is C20H22N2O4. The van der Waals surface area contributed by atoms with E-state index in [2.05, 4.69) is 10.6 Å². The van der Waals surface area contributed by atoms with E-state index in [1.807, 2.05) is 20.8 Å². The third-order valence-corrected chi connectivity index (χ3v) is 3.75. The summed E-state index contributed by atoms with van der Waals surface area (Å²) in [5, 5.41) is 14.7. The number of hydrogen-bond acceptors (Lipinski definition) is 3. The lowest BCUT2D eigenvalue weighted by atomic mass is 10.0. The standard InChI is InChI=1S/C20H22N2O4/c1-11(2)21-19(24)17-10-16(6-5-13(17)4)22-18(23)14-7-12(3)8-15(9-14)20(25)26/h5-11H,1-4H3,(H,21,24)(H,22,23)(H,25,26). The molecule has 0 aliphatic rings. The van der Waals surface area contributed by atoms with E-state index in [1.165, 1.54) is 12.1 Å². The Kier molecular flexibility index (Phi) is 5.77. The summed E-state index contributed by atoms with van der Waals surface area (Å²) in [6.07, 6.45) is 0. The second kappa shape index (κ2) is 7.82. The van der Waals surface area contributed by atoms with E-state index in [9.17, 15) is 14.4 Å². The second-order valence-electron chi connectivity index (χ2n) is 6.50. The molecule has 2 rings (SSSR count). The van der Waals surface area contributed by atoms with E-state index in [0.29, 0.717) is 16.8 Å². The molecule has 0 saturated heterocycles. The highest BCUT2D eigenvalue weighted by Gasteiger charge is 2.14. The number of hydrogen-bond donors (Lipinski definition) is 3. The van der Waals surface area contributed by atoms with Gasteiger partial charge in [-0.1, -0.05) is 6.07 Å². The van der Waals surface area contributed by atoms with E-state index in [1.54, 1.807) is 31.2 Å². The normalized spacial score (nSPS) is 10.5. The number of carboxylic acids is 1. The van der Waals surface area contributed by atoms with Crippen LogP contribution in [0.2, 0.25) is 0 Å². The molecule has 2 amide bonds. The van der Waals surface area contributed by atoms with E-state index in [0.717, 1.165) is 5.56 Å². The van der Waals surface area contributed by atoms with Crippen molar-refractivity contribution in [3.8, 4) is 0 Å². The summed E-state index contributed by atoms with van der Waals surface area (Å²) in [5.74, 6) is -1.74. The van der Waals surface area contributed by atoms with Crippen molar-refractivity contribution in [3.05, 3.63) is 64.2 Å². The number of aromatic carboxylic acids is 1. The summed E-state index contributed by atoms with van der Waals surface area (Å²) in [6.45, 7) is 7.29. The van der Waals surface area contributed by atoms with Crippen molar-refractivity contribution in [1.82, 2.24) is 5.32 Å². The maximum absolute atomic E-state index is 12.5. The summed E-state index contributed by atoms with van der Waals surface area (Å²) in [4.78, 5) is 35.9. The van der Waals surface area contributed by atoms with Gasteiger partial charge >= 0.3 is 5.97 Å². The Bertz CT molecular complexity index is 872. The molecule has 0 fully saturated rings. The summed E-state index contributed by atoms with van der Waals surface area (Å²) in [6, 6.07) is 9.50. The maximum atomic E-state index is 12.5. The van der Waals surface area contributed by atoms with E-state index >= 15 is 0 Å². The number of amides is 2. The predicted octanol–water partition coefficient (Wildman–Crippen LogP) is 3.39. The zero-order valence-corrected chi connectivity index (χ0v) is 15.2. The highest BCUT2D eigenvalue weighted by molar-refractivity contribution is 6.06. The van der Waals surface area contributed by atoms with Gasteiger partial charge in [-0.15, -0.1) is 0 Å². The minimum atomic E-state index is -1.09. The average molecular weight is 354 g/mol. The molecule has 0 saturated carbocycles. The van der Waals surface area contributed by atoms with Gasteiger partial charge in [-0.3, -0.25) is 9.59 Å². The SMILES string of the molecule is Cc1cc(C(=O)O)cc(C(=O)Nc2ccc(C)c(C(=O)NC(C)C)c2)c1. The molecule has 0 aromatic heterocycles. The van der Waals surface area contributed by atoms with Gasteiger partial charge in [-0.2, -0.15) is 0 Å². The number of anilines is 1. The van der Waals surface area contributed by atoms with Crippen LogP contribution in [0.5, 0.6) is 0 Å². The molecule has 0 bridgehead atoms. The quantitative estimate of drug-likeness (QED) is 0.767. The van der Waals surface area contributed by atoms with Crippen molar-refractivity contribution >= 4 is 23.5 Å². The highest BCUT2D eigenvalue weighted by atomic mass is 16.4. The molecule has 0 heterocycles. The molecule has 136 valence electrons. The molecule has 2 aromatic rings. The van der Waals surface area contributed by atoms with E-state index < -0.39 is 11.9 Å². The van der Waals surface area contributed by atoms with Crippen LogP contribution >= 0.6 is 0 Å². The summed E-state index contributed by atoms with van der Waals surface area (Å²) < 4.78 is 0. The Labute approximate surface area is 152 Å². The number of carbonyl (C=O) groups is 3. The van der Waals surface area contributed by atoms with Crippen LogP contribution in [0.1, 0.15) is 56.0 Å². The van der Waals surface area contributed by atoms with Crippen LogP contribution in [0.25, 0.3) is 0 Å². The van der Waals surface area contributed by atoms with Gasteiger partial charge in [0.05, 0.1) is 5.56 Å². The molecule has 0 aliphatic carbocycles. The average Bonchev–Trinajstić information content (AvgIpc) is 2.55. The first-order valence-electron chi connectivity index (χ1n) is 8.25. The van der Waals surface area contributed by atoms with E-state index in [-0.39, 0.29) is 23.1 Å². The van der Waals surface area contributed by atoms with Gasteiger partial charge in [0.1, 0.15) is 0 Å². The lowest BCUT2D eigenvalue weighted by molar-refractivity contribution is 0.0696. The van der Waals surface area contributed by atoms with Crippen LogP contribution in [-0.2, 0) is 0 Å². The van der Waals surface area contributed by atoms with Crippen LogP contribution in [0.3, 0.4) is 0 Å². The Morgan fingerprint density at radius 2 is 1.58 bits per heavy atom. The van der Waals surface area contributed by atoms with Crippen molar-refractivity contribution in [2.45, 2.75) is 33.7 Å². The van der Waals surface area contributed by atoms with Gasteiger partial charge in [-0.05, 0) is 69.2 Å². The fourth-order valence-electron chi connectivity index (χ4n) is 2.53. The van der Waals surface area contributed by atoms with Crippen molar-refractivity contribution in [3.63, 3.8) is 0 Å². The zero-order valence-electron chi connectivity index (χ0n) is 15.2. The highest BCUT2D eigenvalue weighted by Crippen LogP contribution is 2.18. The Morgan fingerprint density at radius 1 is 0.923 bits per heavy atom. The number of aryl methyl sites for hydroxylation is 2. The first-order valence-corrected chi connectivity index (χ1v) is 8.25. The topological polar surface area (TPSA) is 95.5 Å². The summed E-state index contributed by atoms with van der Waals surface area (Å²) in [7, 11) is 0. The van der Waals surface area contributed by atoms with Crippen molar-refractivity contribution in [1.29, 1.82) is 0 Å². The summed E-state index contributed by atoms with van der Waals surface area (Å²) >= 11 is 0. The van der Waals surface area contributed by atoms with Gasteiger partial charge < -0.3 is 15.7 Å². The molecule has 0 atom stereocenters. The molecule has 0 unspecified atom stereocenters. The van der Waals surface area contributed by atoms with Gasteiger partial charge in [0.25, 0.3) is 11.8 Å². The molecule has 26 heavy (non-hydrogen) atoms. The Morgan fingerprint density at radius 3 is 2.19 bits per heavy atom. The number of carbonyl (C=O) groups excluding carboxylic acids is 2. The molecule has 0 radical (unpaired) electrons. The van der Waals surface area contributed by atoms with Gasteiger partial charge in [0, 0.05) is 22.9 Å². The van der Waals surface area contributed by atoms with Gasteiger partial charge in [0.2, 0.25) is 0 Å². The van der Waals surface area contributed by atoms with Crippen LogP contribution in [0, 0.1) is 13.8 Å². The summed E-state index contributed by atoms with van der Waals surface area (Å²) in [5.41, 5.74) is 2.72. The number of rotatable bonds is 5. The largest absolute Gasteiger partial charge is 0.478 e. The molecule has 6 heteroatoms. The molecule has 6 nitrogen and oxygen atoms in total. The van der Waals surface area contributed by atoms with Crippen molar-refractivity contribution in [2.75, 3.05) is 5.32 Å². The Balaban J connectivity index is 2.27. The number of nitrogens with one attached hydrogen (secondary N) is 2. The Hall–Kier alpha value is -3.15. The lowest BCUT2D eigenvalue weighted by Crippen LogP contribution is -2.30. The predicted molar refractivity (Wildman–Crippen MR) is 99.9 cm³/mol. The first-order chi connectivity index (χ1) is 12.2. The molecule has 0 aliphatic heterocycles. The van der Waals surface area contributed by atoms with Crippen LogP contribution in [-0.4, -0.2) is 28.9 Å². The second-order valence-corrected chi connectivity index (χ2v) is 6.50. The van der Waals surface area contributed by atoms with Crippen LogP contribution in [0.4, 0.5) is 5.69 Å². The van der Waals surface area contributed by atoms with Crippen molar-refractivity contribution < 1.29 is 19.5 Å². The fourth-order valence-corrected chi connectivity index (χ4v) is 2.53. The monoisotopic (exact) mass is 354 g/mol. The van der Waals surface area contributed by atoms with Gasteiger partial charge in [-0.25, -0.2) is 4.79 Å². The zero-order chi connectivity index (χ0) is 19.4. The third kappa shape index (κ3) is 4.69. The third-order valence-electron chi connectivity index (χ3n) is 3.75. The fraction of sp³-hybridized carbons (Fsp3) is 0.250. The van der Waals surface area contributed by atoms with Crippen LogP contribution in [0.15, 0.2) is 36.4 Å². The smallest absolute Gasteiger partial charge is 0.335 e. The molecule has 2 aromatic carbocycles. The first kappa shape index (κ1) is 19.2. The number of benzene rings is 2. The number of carboxylic acid groups (broad SMARTS) is 1. The minimum Gasteiger partial charge on any atom is -0.478 e. The molecule has 0 spiro atoms. The minimum absolute atomic E-state index is 0.00174. The van der Waals surface area contributed by atoms with Crippen molar-refractivity contribution in [2.24, 2.45) is 0 Å². The van der Waals surface area contributed by atoms with Crippen LogP contribution < -0.4 is 10.6 Å². The lowest BCUT2D eigenvalue weighted by Gasteiger charge is -2.13. The van der Waals surface area contributed by atoms with E-state index in [4.69, 9.17) is 5.11 Å². The molecular weight excluding hydrogens is 332 g/mol.